The van der Waals surface area contributed by atoms with E-state index < -0.39 is 0 Å². The number of quaternary nitrogens is 1. The first-order valence-corrected chi connectivity index (χ1v) is 11.0. The number of benzene rings is 2. The first-order valence-electron chi connectivity index (χ1n) is 10.6. The van der Waals surface area contributed by atoms with Crippen molar-refractivity contribution >= 4 is 33.5 Å². The predicted octanol–water partition coefficient (Wildman–Crippen LogP) is 2.57. The number of furan rings is 1. The summed E-state index contributed by atoms with van der Waals surface area (Å²) in [6.45, 7) is 1.68. The molecule has 6 heteroatoms. The molecule has 2 unspecified atom stereocenters. The minimum atomic E-state index is 0. The summed E-state index contributed by atoms with van der Waals surface area (Å²) >= 11 is 6.09. The molecule has 0 spiro atoms. The molecule has 0 aliphatic heterocycles. The lowest BCUT2D eigenvalue weighted by atomic mass is 9.87. The number of rotatable bonds is 6. The second kappa shape index (κ2) is 9.47. The van der Waals surface area contributed by atoms with Gasteiger partial charge in [0.2, 0.25) is 0 Å². The molecule has 0 radical (unpaired) electrons. The van der Waals surface area contributed by atoms with E-state index in [9.17, 15) is 0 Å². The first kappa shape index (κ1) is 23.4. The Morgan fingerprint density at radius 3 is 2.43 bits per heavy atom. The van der Waals surface area contributed by atoms with Gasteiger partial charge in [0.15, 0.2) is 0 Å². The van der Waals surface area contributed by atoms with Gasteiger partial charge in [-0.25, -0.2) is 0 Å². The van der Waals surface area contributed by atoms with Crippen LogP contribution >= 0.6 is 11.6 Å². The highest BCUT2D eigenvalue weighted by Crippen LogP contribution is 2.33. The van der Waals surface area contributed by atoms with E-state index >= 15 is 0 Å². The van der Waals surface area contributed by atoms with Crippen molar-refractivity contribution in [2.24, 2.45) is 0 Å². The van der Waals surface area contributed by atoms with Gasteiger partial charge < -0.3 is 35.5 Å². The lowest BCUT2D eigenvalue weighted by Gasteiger charge is -2.46. The zero-order chi connectivity index (χ0) is 20.6. The van der Waals surface area contributed by atoms with Crippen molar-refractivity contribution in [3.63, 3.8) is 0 Å². The number of ether oxygens (including phenoxy) is 1. The molecule has 164 valence electrons. The number of halogens is 2. The Bertz CT molecular complexity index is 1000. The van der Waals surface area contributed by atoms with Crippen molar-refractivity contribution in [1.29, 1.82) is 0 Å². The molecule has 0 N–H and O–H groups in total. The molecule has 2 aromatic carbocycles. The number of nitrogens with zero attached hydrogens (tertiary/aromatic N) is 2. The van der Waals surface area contributed by atoms with Crippen LogP contribution in [0.3, 0.4) is 0 Å². The van der Waals surface area contributed by atoms with Crippen LogP contribution in [0.4, 0.5) is 0 Å². The quantitative estimate of drug-likeness (QED) is 0.492. The number of fused-ring (bicyclic) bond motifs is 3. The van der Waals surface area contributed by atoms with Crippen molar-refractivity contribution < 1.29 is 30.6 Å². The average molecular weight is 496 g/mol. The maximum Gasteiger partial charge on any atom is 0.139 e. The van der Waals surface area contributed by atoms with E-state index in [1.807, 2.05) is 30.3 Å². The summed E-state index contributed by atoms with van der Waals surface area (Å²) in [5, 5.41) is 2.86. The Balaban J connectivity index is 0.00000256. The smallest absolute Gasteiger partial charge is 0.139 e. The van der Waals surface area contributed by atoms with E-state index in [1.165, 1.54) is 25.7 Å². The average Bonchev–Trinajstić information content (AvgIpc) is 3.04. The van der Waals surface area contributed by atoms with Crippen molar-refractivity contribution in [3.05, 3.63) is 41.4 Å². The van der Waals surface area contributed by atoms with Gasteiger partial charge in [0, 0.05) is 34.3 Å². The molecule has 1 saturated carbocycles. The minimum absolute atomic E-state index is 0. The Hall–Kier alpha value is -1.27. The van der Waals surface area contributed by atoms with Crippen LogP contribution in [-0.2, 0) is 0 Å². The number of hydrogen-bond donors (Lipinski definition) is 0. The van der Waals surface area contributed by atoms with E-state index in [2.05, 4.69) is 39.2 Å². The highest BCUT2D eigenvalue weighted by atomic mass is 79.9. The third-order valence-corrected chi connectivity index (χ3v) is 6.83. The number of likely N-dealkylation sites (N-methyl/N-ethyl adjacent to an activating group) is 2. The molecule has 1 aromatic heterocycles. The molecule has 1 fully saturated rings. The summed E-state index contributed by atoms with van der Waals surface area (Å²) in [4.78, 5) is 2.41. The molecule has 1 aliphatic carbocycles. The summed E-state index contributed by atoms with van der Waals surface area (Å²) in [6, 6.07) is 13.2. The number of hydrogen-bond acceptors (Lipinski definition) is 3. The van der Waals surface area contributed by atoms with Crippen LogP contribution in [0.2, 0.25) is 5.02 Å². The zero-order valence-corrected chi connectivity index (χ0v) is 20.7. The van der Waals surface area contributed by atoms with E-state index in [4.69, 9.17) is 20.8 Å². The predicted molar refractivity (Wildman–Crippen MR) is 121 cm³/mol. The molecule has 1 aliphatic rings. The largest absolute Gasteiger partial charge is 1.00 e. The van der Waals surface area contributed by atoms with Gasteiger partial charge in [0.05, 0.1) is 20.1 Å². The normalized spacial score (nSPS) is 19.9. The highest BCUT2D eigenvalue weighted by Gasteiger charge is 2.38. The van der Waals surface area contributed by atoms with Crippen LogP contribution in [0.25, 0.3) is 21.9 Å². The summed E-state index contributed by atoms with van der Waals surface area (Å²) in [5.41, 5.74) is 1.66. The molecule has 3 aromatic rings. The van der Waals surface area contributed by atoms with Gasteiger partial charge in [0.25, 0.3) is 0 Å². The van der Waals surface area contributed by atoms with Crippen LogP contribution in [0, 0.1) is 0 Å². The standard InChI is InChI=1S/C24H32ClN2O2.BrH/c1-26(2)21-7-5-6-8-22(21)27(3,4)13-14-28-18-10-12-20-19-11-9-17(25)15-23(19)29-24(20)16-18;/h9-12,15-16,21-22H,5-8,13-14H2,1-4H3;1H/q+1;/p-1. The van der Waals surface area contributed by atoms with Gasteiger partial charge in [-0.3, -0.25) is 0 Å². The van der Waals surface area contributed by atoms with Gasteiger partial charge in [0.1, 0.15) is 36.1 Å². The molecule has 0 amide bonds. The monoisotopic (exact) mass is 494 g/mol. The van der Waals surface area contributed by atoms with Crippen molar-refractivity contribution in [1.82, 2.24) is 4.90 Å². The van der Waals surface area contributed by atoms with Gasteiger partial charge in [-0.1, -0.05) is 18.0 Å². The highest BCUT2D eigenvalue weighted by molar-refractivity contribution is 6.31. The Morgan fingerprint density at radius 2 is 1.70 bits per heavy atom. The van der Waals surface area contributed by atoms with E-state index in [1.54, 1.807) is 0 Å². The van der Waals surface area contributed by atoms with Crippen molar-refractivity contribution in [3.8, 4) is 5.75 Å². The zero-order valence-electron chi connectivity index (χ0n) is 18.3. The van der Waals surface area contributed by atoms with Crippen LogP contribution < -0.4 is 21.7 Å². The van der Waals surface area contributed by atoms with Gasteiger partial charge in [-0.2, -0.15) is 0 Å². The molecular weight excluding hydrogens is 464 g/mol. The van der Waals surface area contributed by atoms with Crippen molar-refractivity contribution in [2.75, 3.05) is 41.3 Å². The third kappa shape index (κ3) is 4.80. The first-order chi connectivity index (χ1) is 13.8. The topological polar surface area (TPSA) is 25.6 Å². The summed E-state index contributed by atoms with van der Waals surface area (Å²) in [7, 11) is 9.13. The summed E-state index contributed by atoms with van der Waals surface area (Å²) < 4.78 is 13.1. The summed E-state index contributed by atoms with van der Waals surface area (Å²) in [5.74, 6) is 0.857. The van der Waals surface area contributed by atoms with Crippen molar-refractivity contribution in [2.45, 2.75) is 37.8 Å². The van der Waals surface area contributed by atoms with Crippen LogP contribution in [-0.4, -0.2) is 62.8 Å². The second-order valence-corrected chi connectivity index (χ2v) is 9.57. The molecular formula is C24H32BrClN2O2. The minimum Gasteiger partial charge on any atom is -1.00 e. The molecule has 4 rings (SSSR count). The molecule has 0 saturated heterocycles. The third-order valence-electron chi connectivity index (χ3n) is 6.60. The fraction of sp³-hybridized carbons (Fsp3) is 0.500. The van der Waals surface area contributed by atoms with Gasteiger partial charge in [-0.15, -0.1) is 0 Å². The van der Waals surface area contributed by atoms with Gasteiger partial charge in [-0.05, 0) is 51.2 Å². The lowest BCUT2D eigenvalue weighted by Crippen LogP contribution is -3.00. The van der Waals surface area contributed by atoms with E-state index in [0.29, 0.717) is 23.7 Å². The second-order valence-electron chi connectivity index (χ2n) is 9.13. The fourth-order valence-corrected chi connectivity index (χ4v) is 5.06. The molecule has 2 atom stereocenters. The SMILES string of the molecule is CN(C)C1CCCCC1[N+](C)(C)CCOc1ccc2c(c1)oc1cc(Cl)ccc12.[Br-]. The lowest BCUT2D eigenvalue weighted by molar-refractivity contribution is -0.918. The van der Waals surface area contributed by atoms with Crippen LogP contribution in [0.5, 0.6) is 5.75 Å². The van der Waals surface area contributed by atoms with Gasteiger partial charge >= 0.3 is 0 Å². The van der Waals surface area contributed by atoms with E-state index in [0.717, 1.165) is 38.7 Å². The van der Waals surface area contributed by atoms with Crippen LogP contribution in [0.15, 0.2) is 40.8 Å². The molecule has 4 nitrogen and oxygen atoms in total. The molecule has 0 bridgehead atoms. The molecule has 30 heavy (non-hydrogen) atoms. The maximum atomic E-state index is 6.14. The Labute approximate surface area is 195 Å². The van der Waals surface area contributed by atoms with Crippen LogP contribution in [0.1, 0.15) is 25.7 Å². The Morgan fingerprint density at radius 1 is 1.03 bits per heavy atom. The fourth-order valence-electron chi connectivity index (χ4n) is 4.89. The molecule has 1 heterocycles. The maximum absolute atomic E-state index is 6.14. The summed E-state index contributed by atoms with van der Waals surface area (Å²) in [6.07, 6.45) is 5.28. The Kier molecular flexibility index (Phi) is 7.39. The van der Waals surface area contributed by atoms with E-state index in [-0.39, 0.29) is 17.0 Å².